The maximum atomic E-state index is 11.9. The molecule has 0 saturated carbocycles. The standard InChI is InChI=1S/C13H15ClN4OS/c1-18(5-10-7-20-8-16-10)6-13(19)17-12-3-2-9(15)4-11(12)14/h2-4,7-8H,5-6,15H2,1H3,(H,17,19). The minimum absolute atomic E-state index is 0.130. The fraction of sp³-hybridized carbons (Fsp3) is 0.231. The molecule has 0 radical (unpaired) electrons. The SMILES string of the molecule is CN(CC(=O)Nc1ccc(N)cc1Cl)Cc1cscn1. The van der Waals surface area contributed by atoms with Gasteiger partial charge in [-0.25, -0.2) is 4.98 Å². The number of aromatic nitrogens is 1. The van der Waals surface area contributed by atoms with Gasteiger partial charge in [0.05, 0.1) is 28.5 Å². The summed E-state index contributed by atoms with van der Waals surface area (Å²) in [7, 11) is 1.86. The molecule has 0 saturated heterocycles. The van der Waals surface area contributed by atoms with Crippen molar-refractivity contribution in [2.45, 2.75) is 6.54 Å². The van der Waals surface area contributed by atoms with Crippen LogP contribution >= 0.6 is 22.9 Å². The third-order valence-electron chi connectivity index (χ3n) is 2.60. The molecule has 7 heteroatoms. The fourth-order valence-electron chi connectivity index (χ4n) is 1.72. The van der Waals surface area contributed by atoms with Crippen molar-refractivity contribution in [3.8, 4) is 0 Å². The molecule has 1 aromatic heterocycles. The van der Waals surface area contributed by atoms with E-state index >= 15 is 0 Å². The number of anilines is 2. The number of nitrogens with one attached hydrogen (secondary N) is 1. The quantitative estimate of drug-likeness (QED) is 0.832. The van der Waals surface area contributed by atoms with Gasteiger partial charge in [-0.1, -0.05) is 11.6 Å². The first-order chi connectivity index (χ1) is 9.54. The van der Waals surface area contributed by atoms with E-state index in [0.717, 1.165) is 5.69 Å². The molecule has 0 aliphatic rings. The monoisotopic (exact) mass is 310 g/mol. The van der Waals surface area contributed by atoms with E-state index in [9.17, 15) is 4.79 Å². The molecule has 0 aliphatic carbocycles. The molecule has 0 aliphatic heterocycles. The second-order valence-electron chi connectivity index (χ2n) is 4.44. The number of benzene rings is 1. The number of thiazole rings is 1. The highest BCUT2D eigenvalue weighted by atomic mass is 35.5. The van der Waals surface area contributed by atoms with Gasteiger partial charge in [-0.2, -0.15) is 0 Å². The van der Waals surface area contributed by atoms with Gasteiger partial charge in [0, 0.05) is 17.6 Å². The van der Waals surface area contributed by atoms with Crippen LogP contribution in [-0.2, 0) is 11.3 Å². The highest BCUT2D eigenvalue weighted by Crippen LogP contribution is 2.23. The van der Waals surface area contributed by atoms with E-state index in [0.29, 0.717) is 22.9 Å². The first-order valence-corrected chi connectivity index (χ1v) is 7.27. The number of hydrogen-bond donors (Lipinski definition) is 2. The molecule has 1 aromatic carbocycles. The number of rotatable bonds is 5. The van der Waals surface area contributed by atoms with Crippen molar-refractivity contribution in [3.63, 3.8) is 0 Å². The largest absolute Gasteiger partial charge is 0.399 e. The van der Waals surface area contributed by atoms with E-state index in [1.807, 2.05) is 17.3 Å². The number of nitrogens with zero attached hydrogens (tertiary/aromatic N) is 2. The van der Waals surface area contributed by atoms with Crippen LogP contribution in [0.4, 0.5) is 11.4 Å². The Morgan fingerprint density at radius 2 is 2.35 bits per heavy atom. The zero-order chi connectivity index (χ0) is 14.5. The van der Waals surface area contributed by atoms with Gasteiger partial charge in [0.15, 0.2) is 0 Å². The molecule has 20 heavy (non-hydrogen) atoms. The molecule has 0 fully saturated rings. The second kappa shape index (κ2) is 6.69. The summed E-state index contributed by atoms with van der Waals surface area (Å²) in [4.78, 5) is 18.0. The van der Waals surface area contributed by atoms with Crippen LogP contribution in [0.1, 0.15) is 5.69 Å². The number of halogens is 1. The summed E-state index contributed by atoms with van der Waals surface area (Å²) >= 11 is 7.55. The summed E-state index contributed by atoms with van der Waals surface area (Å²) < 4.78 is 0. The van der Waals surface area contributed by atoms with Gasteiger partial charge in [0.2, 0.25) is 5.91 Å². The molecular weight excluding hydrogens is 296 g/mol. The highest BCUT2D eigenvalue weighted by Gasteiger charge is 2.10. The van der Waals surface area contributed by atoms with Crippen molar-refractivity contribution in [2.24, 2.45) is 0 Å². The summed E-state index contributed by atoms with van der Waals surface area (Å²) in [6.45, 7) is 0.893. The molecule has 0 atom stereocenters. The van der Waals surface area contributed by atoms with Crippen LogP contribution in [0.5, 0.6) is 0 Å². The first kappa shape index (κ1) is 14.8. The molecule has 0 unspecified atom stereocenters. The van der Waals surface area contributed by atoms with Gasteiger partial charge >= 0.3 is 0 Å². The Labute approximate surface area is 126 Å². The van der Waals surface area contributed by atoms with Crippen LogP contribution in [0.15, 0.2) is 29.1 Å². The molecule has 2 aromatic rings. The van der Waals surface area contributed by atoms with Gasteiger partial charge in [0.25, 0.3) is 0 Å². The van der Waals surface area contributed by atoms with Crippen LogP contribution in [0, 0.1) is 0 Å². The average Bonchev–Trinajstić information content (AvgIpc) is 2.85. The van der Waals surface area contributed by atoms with Crippen molar-refractivity contribution in [1.82, 2.24) is 9.88 Å². The normalized spacial score (nSPS) is 10.8. The maximum absolute atomic E-state index is 11.9. The Bertz CT molecular complexity index is 588. The van der Waals surface area contributed by atoms with Crippen molar-refractivity contribution in [2.75, 3.05) is 24.6 Å². The second-order valence-corrected chi connectivity index (χ2v) is 5.57. The molecular formula is C13H15ClN4OS. The average molecular weight is 311 g/mol. The molecule has 3 N–H and O–H groups in total. The van der Waals surface area contributed by atoms with Crippen LogP contribution < -0.4 is 11.1 Å². The molecule has 0 bridgehead atoms. The van der Waals surface area contributed by atoms with Crippen LogP contribution in [0.3, 0.4) is 0 Å². The van der Waals surface area contributed by atoms with E-state index in [-0.39, 0.29) is 12.5 Å². The predicted molar refractivity (Wildman–Crippen MR) is 82.9 cm³/mol. The number of carbonyl (C=O) groups excluding carboxylic acids is 1. The van der Waals surface area contributed by atoms with Gasteiger partial charge in [0.1, 0.15) is 0 Å². The van der Waals surface area contributed by atoms with Crippen molar-refractivity contribution < 1.29 is 4.79 Å². The third-order valence-corrected chi connectivity index (χ3v) is 3.54. The lowest BCUT2D eigenvalue weighted by Gasteiger charge is -2.15. The number of carbonyl (C=O) groups is 1. The summed E-state index contributed by atoms with van der Waals surface area (Å²) in [5.74, 6) is -0.130. The van der Waals surface area contributed by atoms with Crippen molar-refractivity contribution >= 4 is 40.2 Å². The summed E-state index contributed by atoms with van der Waals surface area (Å²) in [6.07, 6.45) is 0. The maximum Gasteiger partial charge on any atom is 0.238 e. The third kappa shape index (κ3) is 4.19. The van der Waals surface area contributed by atoms with Crippen molar-refractivity contribution in [3.05, 3.63) is 39.8 Å². The minimum Gasteiger partial charge on any atom is -0.399 e. The van der Waals surface area contributed by atoms with Gasteiger partial charge in [-0.3, -0.25) is 9.69 Å². The first-order valence-electron chi connectivity index (χ1n) is 5.95. The molecule has 2 rings (SSSR count). The zero-order valence-corrected chi connectivity index (χ0v) is 12.5. The lowest BCUT2D eigenvalue weighted by molar-refractivity contribution is -0.117. The van der Waals surface area contributed by atoms with E-state index in [2.05, 4.69) is 10.3 Å². The summed E-state index contributed by atoms with van der Waals surface area (Å²) in [5, 5.41) is 5.16. The lowest BCUT2D eigenvalue weighted by atomic mass is 10.3. The Balaban J connectivity index is 1.88. The van der Waals surface area contributed by atoms with Crippen molar-refractivity contribution in [1.29, 1.82) is 0 Å². The molecule has 0 spiro atoms. The van der Waals surface area contributed by atoms with E-state index in [1.54, 1.807) is 23.7 Å². The molecule has 1 amide bonds. The van der Waals surface area contributed by atoms with E-state index in [4.69, 9.17) is 17.3 Å². The Kier molecular flexibility index (Phi) is 4.94. The van der Waals surface area contributed by atoms with Crippen LogP contribution in [0.2, 0.25) is 5.02 Å². The van der Waals surface area contributed by atoms with E-state index < -0.39 is 0 Å². The number of likely N-dealkylation sites (N-methyl/N-ethyl adjacent to an activating group) is 1. The topological polar surface area (TPSA) is 71.2 Å². The molecule has 5 nitrogen and oxygen atoms in total. The summed E-state index contributed by atoms with van der Waals surface area (Å²) in [6, 6.07) is 4.99. The highest BCUT2D eigenvalue weighted by molar-refractivity contribution is 7.07. The zero-order valence-electron chi connectivity index (χ0n) is 11.0. The number of nitrogens with two attached hydrogens (primary N) is 1. The Hall–Kier alpha value is -1.63. The Morgan fingerprint density at radius 1 is 1.55 bits per heavy atom. The fourth-order valence-corrected chi connectivity index (χ4v) is 2.50. The molecule has 106 valence electrons. The van der Waals surface area contributed by atoms with Gasteiger partial charge < -0.3 is 11.1 Å². The number of amides is 1. The van der Waals surface area contributed by atoms with E-state index in [1.165, 1.54) is 11.3 Å². The summed E-state index contributed by atoms with van der Waals surface area (Å²) in [5.41, 5.74) is 9.46. The number of hydrogen-bond acceptors (Lipinski definition) is 5. The predicted octanol–water partition coefficient (Wildman–Crippen LogP) is 2.45. The van der Waals surface area contributed by atoms with Crippen LogP contribution in [-0.4, -0.2) is 29.4 Å². The Morgan fingerprint density at radius 3 is 3.00 bits per heavy atom. The number of nitrogen functional groups attached to an aromatic ring is 1. The smallest absolute Gasteiger partial charge is 0.238 e. The minimum atomic E-state index is -0.130. The van der Waals surface area contributed by atoms with Gasteiger partial charge in [-0.15, -0.1) is 11.3 Å². The van der Waals surface area contributed by atoms with Gasteiger partial charge in [-0.05, 0) is 25.2 Å². The molecule has 1 heterocycles. The van der Waals surface area contributed by atoms with Crippen LogP contribution in [0.25, 0.3) is 0 Å². The lowest BCUT2D eigenvalue weighted by Crippen LogP contribution is -2.30.